The molecular weight excluding hydrogens is 254 g/mol. The Labute approximate surface area is 117 Å². The molecule has 1 N–H and O–H groups in total. The number of aromatic carboxylic acids is 1. The van der Waals surface area contributed by atoms with Crippen LogP contribution in [0.2, 0.25) is 0 Å². The first-order valence-corrected chi connectivity index (χ1v) is 6.68. The lowest BCUT2D eigenvalue weighted by molar-refractivity contribution is 0.0689. The normalized spacial score (nSPS) is 14.2. The molecule has 1 aliphatic heterocycles. The molecular formula is C15H17N3O2. The quantitative estimate of drug-likeness (QED) is 0.909. The number of carboxylic acids is 1. The van der Waals surface area contributed by atoms with E-state index in [1.54, 1.807) is 17.8 Å². The summed E-state index contributed by atoms with van der Waals surface area (Å²) in [5.41, 5.74) is 4.53. The molecule has 0 saturated carbocycles. The molecule has 104 valence electrons. The number of nitrogens with zero attached hydrogens (tertiary/aromatic N) is 3. The van der Waals surface area contributed by atoms with Gasteiger partial charge < -0.3 is 10.0 Å². The van der Waals surface area contributed by atoms with Crippen LogP contribution in [0.3, 0.4) is 0 Å². The van der Waals surface area contributed by atoms with E-state index in [1.807, 2.05) is 12.1 Å². The van der Waals surface area contributed by atoms with E-state index < -0.39 is 5.97 Å². The fourth-order valence-electron chi connectivity index (χ4n) is 2.87. The fourth-order valence-corrected chi connectivity index (χ4v) is 2.87. The van der Waals surface area contributed by atoms with E-state index in [0.29, 0.717) is 0 Å². The van der Waals surface area contributed by atoms with Crippen molar-refractivity contribution in [2.45, 2.75) is 12.8 Å². The summed E-state index contributed by atoms with van der Waals surface area (Å²) < 4.78 is 1.65. The molecule has 0 amide bonds. The number of hydrogen-bond acceptors (Lipinski definition) is 3. The van der Waals surface area contributed by atoms with Crippen molar-refractivity contribution in [3.05, 3.63) is 35.5 Å². The summed E-state index contributed by atoms with van der Waals surface area (Å²) in [6.07, 6.45) is 2.13. The number of rotatable bonds is 2. The first kappa shape index (κ1) is 12.7. The minimum Gasteiger partial charge on any atom is -0.476 e. The standard InChI is InChI=1S/C15H17N3O2/c1-17-8-4-6-10-11(5-3-7-13(10)17)14-9-12(15(19)20)16-18(14)2/h3,5,7,9H,4,6,8H2,1-2H3,(H,19,20). The largest absolute Gasteiger partial charge is 0.476 e. The molecule has 5 nitrogen and oxygen atoms in total. The van der Waals surface area contributed by atoms with Crippen LogP contribution in [0.1, 0.15) is 22.5 Å². The van der Waals surface area contributed by atoms with Crippen molar-refractivity contribution in [2.75, 3.05) is 18.5 Å². The highest BCUT2D eigenvalue weighted by Gasteiger charge is 2.20. The minimum atomic E-state index is -0.992. The maximum Gasteiger partial charge on any atom is 0.356 e. The van der Waals surface area contributed by atoms with E-state index in [9.17, 15) is 4.79 Å². The van der Waals surface area contributed by atoms with E-state index in [0.717, 1.165) is 30.6 Å². The lowest BCUT2D eigenvalue weighted by Crippen LogP contribution is -2.25. The van der Waals surface area contributed by atoms with Crippen molar-refractivity contribution in [1.29, 1.82) is 0 Å². The summed E-state index contributed by atoms with van der Waals surface area (Å²) in [7, 11) is 3.88. The number of hydrogen-bond donors (Lipinski definition) is 1. The van der Waals surface area contributed by atoms with Crippen molar-refractivity contribution in [1.82, 2.24) is 9.78 Å². The van der Waals surface area contributed by atoms with Gasteiger partial charge in [0.15, 0.2) is 5.69 Å². The predicted molar refractivity (Wildman–Crippen MR) is 77.2 cm³/mol. The van der Waals surface area contributed by atoms with Crippen molar-refractivity contribution in [3.8, 4) is 11.3 Å². The molecule has 0 atom stereocenters. The number of anilines is 1. The summed E-state index contributed by atoms with van der Waals surface area (Å²) in [5.74, 6) is -0.992. The smallest absolute Gasteiger partial charge is 0.356 e. The molecule has 0 radical (unpaired) electrons. The van der Waals surface area contributed by atoms with Gasteiger partial charge in [0.05, 0.1) is 5.69 Å². The topological polar surface area (TPSA) is 58.4 Å². The van der Waals surface area contributed by atoms with E-state index in [-0.39, 0.29) is 5.69 Å². The number of carboxylic acid groups (broad SMARTS) is 1. The van der Waals surface area contributed by atoms with Gasteiger partial charge in [-0.1, -0.05) is 12.1 Å². The Kier molecular flexibility index (Phi) is 2.97. The average Bonchev–Trinajstić information content (AvgIpc) is 2.81. The Hall–Kier alpha value is -2.30. The zero-order chi connectivity index (χ0) is 14.3. The lowest BCUT2D eigenvalue weighted by atomic mass is 9.94. The van der Waals surface area contributed by atoms with Crippen LogP contribution >= 0.6 is 0 Å². The van der Waals surface area contributed by atoms with Crippen LogP contribution in [0, 0.1) is 0 Å². The first-order valence-electron chi connectivity index (χ1n) is 6.68. The van der Waals surface area contributed by atoms with Crippen LogP contribution < -0.4 is 4.90 Å². The third-order valence-electron chi connectivity index (χ3n) is 3.86. The summed E-state index contributed by atoms with van der Waals surface area (Å²) in [6, 6.07) is 7.82. The maximum absolute atomic E-state index is 11.1. The zero-order valence-corrected chi connectivity index (χ0v) is 11.6. The van der Waals surface area contributed by atoms with Gasteiger partial charge in [0.2, 0.25) is 0 Å². The van der Waals surface area contributed by atoms with Crippen molar-refractivity contribution in [2.24, 2.45) is 7.05 Å². The van der Waals surface area contributed by atoms with Gasteiger partial charge in [0, 0.05) is 31.9 Å². The first-order chi connectivity index (χ1) is 9.58. The van der Waals surface area contributed by atoms with Gasteiger partial charge in [-0.3, -0.25) is 4.68 Å². The average molecular weight is 271 g/mol. The van der Waals surface area contributed by atoms with Gasteiger partial charge in [-0.2, -0.15) is 5.10 Å². The predicted octanol–water partition coefficient (Wildman–Crippen LogP) is 2.17. The Bertz CT molecular complexity index is 676. The third kappa shape index (κ3) is 1.95. The van der Waals surface area contributed by atoms with Crippen LogP contribution in [-0.2, 0) is 13.5 Å². The number of aromatic nitrogens is 2. The van der Waals surface area contributed by atoms with E-state index in [2.05, 4.69) is 23.1 Å². The van der Waals surface area contributed by atoms with Crippen molar-refractivity contribution >= 4 is 11.7 Å². The molecule has 0 spiro atoms. The van der Waals surface area contributed by atoms with E-state index >= 15 is 0 Å². The monoisotopic (exact) mass is 271 g/mol. The van der Waals surface area contributed by atoms with Crippen molar-refractivity contribution < 1.29 is 9.90 Å². The number of carbonyl (C=O) groups is 1. The lowest BCUT2D eigenvalue weighted by Gasteiger charge is -2.29. The van der Waals surface area contributed by atoms with Crippen LogP contribution in [0.4, 0.5) is 5.69 Å². The molecule has 0 unspecified atom stereocenters. The van der Waals surface area contributed by atoms with Crippen molar-refractivity contribution in [3.63, 3.8) is 0 Å². The highest BCUT2D eigenvalue weighted by Crippen LogP contribution is 2.34. The number of fused-ring (bicyclic) bond motifs is 1. The van der Waals surface area contributed by atoms with Gasteiger partial charge in [-0.25, -0.2) is 4.79 Å². The second-order valence-corrected chi connectivity index (χ2v) is 5.17. The van der Waals surface area contributed by atoms with Crippen LogP contribution in [0.25, 0.3) is 11.3 Å². The van der Waals surface area contributed by atoms with Crippen LogP contribution in [-0.4, -0.2) is 34.4 Å². The molecule has 0 aliphatic carbocycles. The minimum absolute atomic E-state index is 0.0873. The second kappa shape index (κ2) is 4.67. The number of benzene rings is 1. The molecule has 20 heavy (non-hydrogen) atoms. The van der Waals surface area contributed by atoms with Gasteiger partial charge in [0.25, 0.3) is 0 Å². The molecule has 3 rings (SSSR count). The second-order valence-electron chi connectivity index (χ2n) is 5.17. The highest BCUT2D eigenvalue weighted by atomic mass is 16.4. The molecule has 1 aliphatic rings. The Morgan fingerprint density at radius 3 is 2.85 bits per heavy atom. The summed E-state index contributed by atoms with van der Waals surface area (Å²) >= 11 is 0. The van der Waals surface area contributed by atoms with Gasteiger partial charge >= 0.3 is 5.97 Å². The van der Waals surface area contributed by atoms with E-state index in [1.165, 1.54) is 11.3 Å². The van der Waals surface area contributed by atoms with Crippen LogP contribution in [0.15, 0.2) is 24.3 Å². The van der Waals surface area contributed by atoms with Gasteiger partial charge in [-0.05, 0) is 30.5 Å². The molecule has 0 saturated heterocycles. The third-order valence-corrected chi connectivity index (χ3v) is 3.86. The summed E-state index contributed by atoms with van der Waals surface area (Å²) in [6.45, 7) is 1.06. The Balaban J connectivity index is 2.16. The SMILES string of the molecule is CN1CCCc2c(-c3cc(C(=O)O)nn3C)cccc21. The number of aryl methyl sites for hydroxylation is 1. The van der Waals surface area contributed by atoms with Gasteiger partial charge in [-0.15, -0.1) is 0 Å². The molecule has 2 heterocycles. The van der Waals surface area contributed by atoms with E-state index in [4.69, 9.17) is 5.11 Å². The fraction of sp³-hybridized carbons (Fsp3) is 0.333. The highest BCUT2D eigenvalue weighted by molar-refractivity contribution is 5.87. The van der Waals surface area contributed by atoms with Gasteiger partial charge in [0.1, 0.15) is 0 Å². The maximum atomic E-state index is 11.1. The summed E-state index contributed by atoms with van der Waals surface area (Å²) in [5, 5.41) is 13.1. The molecule has 5 heteroatoms. The Morgan fingerprint density at radius 2 is 2.15 bits per heavy atom. The van der Waals surface area contributed by atoms with Crippen LogP contribution in [0.5, 0.6) is 0 Å². The molecule has 0 bridgehead atoms. The molecule has 2 aromatic rings. The summed E-state index contributed by atoms with van der Waals surface area (Å²) in [4.78, 5) is 13.3. The molecule has 0 fully saturated rings. The Morgan fingerprint density at radius 1 is 1.35 bits per heavy atom. The zero-order valence-electron chi connectivity index (χ0n) is 11.6. The molecule has 1 aromatic heterocycles. The molecule has 1 aromatic carbocycles.